The maximum atomic E-state index is 11.6. The fourth-order valence-corrected chi connectivity index (χ4v) is 1.10. The zero-order valence-corrected chi connectivity index (χ0v) is 10.7. The van der Waals surface area contributed by atoms with Crippen molar-refractivity contribution in [3.63, 3.8) is 0 Å². The molecular weight excluding hydrogens is 256 g/mol. The van der Waals surface area contributed by atoms with Gasteiger partial charge in [0.2, 0.25) is 17.7 Å². The van der Waals surface area contributed by atoms with E-state index in [9.17, 15) is 19.2 Å². The van der Waals surface area contributed by atoms with Crippen LogP contribution in [0.25, 0.3) is 0 Å². The molecule has 7 N–H and O–H groups in total. The third-order valence-electron chi connectivity index (χ3n) is 2.20. The van der Waals surface area contributed by atoms with E-state index in [-0.39, 0.29) is 0 Å². The zero-order valence-electron chi connectivity index (χ0n) is 10.7. The van der Waals surface area contributed by atoms with E-state index in [1.165, 1.54) is 13.8 Å². The van der Waals surface area contributed by atoms with Crippen molar-refractivity contribution >= 4 is 23.7 Å². The van der Waals surface area contributed by atoms with Gasteiger partial charge >= 0.3 is 5.97 Å². The number of nitrogens with two attached hydrogens (primary N) is 2. The molecule has 0 spiro atoms. The van der Waals surface area contributed by atoms with Gasteiger partial charge < -0.3 is 27.2 Å². The van der Waals surface area contributed by atoms with Crippen molar-refractivity contribution in [3.8, 4) is 0 Å². The van der Waals surface area contributed by atoms with Gasteiger partial charge in [-0.15, -0.1) is 0 Å². The van der Waals surface area contributed by atoms with E-state index in [0.29, 0.717) is 0 Å². The smallest absolute Gasteiger partial charge is 0.305 e. The van der Waals surface area contributed by atoms with Crippen molar-refractivity contribution < 1.29 is 24.3 Å². The van der Waals surface area contributed by atoms with Gasteiger partial charge in [-0.3, -0.25) is 19.2 Å². The first-order chi connectivity index (χ1) is 8.65. The average molecular weight is 274 g/mol. The lowest BCUT2D eigenvalue weighted by Gasteiger charge is -2.18. The number of rotatable bonds is 7. The van der Waals surface area contributed by atoms with Gasteiger partial charge in [0.15, 0.2) is 0 Å². The summed E-state index contributed by atoms with van der Waals surface area (Å²) in [6, 6.07) is -3.09. The van der Waals surface area contributed by atoms with Crippen LogP contribution in [-0.2, 0) is 19.2 Å². The molecule has 0 radical (unpaired) electrons. The van der Waals surface area contributed by atoms with Gasteiger partial charge in [-0.1, -0.05) is 0 Å². The summed E-state index contributed by atoms with van der Waals surface area (Å²) in [7, 11) is 0. The number of amides is 3. The summed E-state index contributed by atoms with van der Waals surface area (Å²) < 4.78 is 0. The topological polar surface area (TPSA) is 165 Å². The van der Waals surface area contributed by atoms with Crippen molar-refractivity contribution in [2.45, 2.75) is 38.4 Å². The molecule has 0 heterocycles. The Morgan fingerprint density at radius 3 is 2.00 bits per heavy atom. The van der Waals surface area contributed by atoms with Crippen LogP contribution in [0, 0.1) is 0 Å². The van der Waals surface area contributed by atoms with Gasteiger partial charge in [-0.05, 0) is 13.8 Å². The normalized spacial score (nSPS) is 14.9. The van der Waals surface area contributed by atoms with E-state index in [1.807, 2.05) is 0 Å². The minimum Gasteiger partial charge on any atom is -0.481 e. The van der Waals surface area contributed by atoms with E-state index >= 15 is 0 Å². The Kier molecular flexibility index (Phi) is 6.48. The predicted molar refractivity (Wildman–Crippen MR) is 64.6 cm³/mol. The van der Waals surface area contributed by atoms with Crippen LogP contribution in [0.1, 0.15) is 20.3 Å². The number of primary amides is 1. The first-order valence-corrected chi connectivity index (χ1v) is 5.52. The standard InChI is InChI=1S/C10H18N4O5/c1-4(11)9(18)13-5(2)10(19)14-6(8(12)17)3-7(15)16/h4-6H,3,11H2,1-2H3,(H2,12,17)(H,13,18)(H,14,19)(H,15,16)/t4-,5-,6-/m0/s1. The molecular formula is C10H18N4O5. The van der Waals surface area contributed by atoms with Crippen LogP contribution in [-0.4, -0.2) is 46.9 Å². The number of aliphatic carboxylic acids is 1. The minimum absolute atomic E-state index is 0.545. The zero-order chi connectivity index (χ0) is 15.2. The van der Waals surface area contributed by atoms with Crippen LogP contribution in [0.2, 0.25) is 0 Å². The molecule has 0 aliphatic heterocycles. The lowest BCUT2D eigenvalue weighted by Crippen LogP contribution is -2.54. The van der Waals surface area contributed by atoms with Crippen molar-refractivity contribution in [2.24, 2.45) is 11.5 Å². The summed E-state index contributed by atoms with van der Waals surface area (Å²) >= 11 is 0. The first kappa shape index (κ1) is 16.8. The molecule has 0 unspecified atom stereocenters. The third kappa shape index (κ3) is 6.36. The highest BCUT2D eigenvalue weighted by molar-refractivity contribution is 5.93. The van der Waals surface area contributed by atoms with Crippen molar-refractivity contribution in [1.29, 1.82) is 0 Å². The number of carboxylic acid groups (broad SMARTS) is 1. The number of carbonyl (C=O) groups excluding carboxylic acids is 3. The van der Waals surface area contributed by atoms with Crippen LogP contribution in [0.4, 0.5) is 0 Å². The van der Waals surface area contributed by atoms with Gasteiger partial charge in [0.1, 0.15) is 12.1 Å². The van der Waals surface area contributed by atoms with Crippen LogP contribution < -0.4 is 22.1 Å². The molecule has 19 heavy (non-hydrogen) atoms. The second-order valence-corrected chi connectivity index (χ2v) is 4.08. The molecule has 0 aromatic carbocycles. The van der Waals surface area contributed by atoms with Crippen LogP contribution >= 0.6 is 0 Å². The van der Waals surface area contributed by atoms with Gasteiger partial charge in [0.05, 0.1) is 12.5 Å². The summed E-state index contributed by atoms with van der Waals surface area (Å²) in [6.07, 6.45) is -0.630. The first-order valence-electron chi connectivity index (χ1n) is 5.52. The molecule has 0 aromatic heterocycles. The Morgan fingerprint density at radius 2 is 1.63 bits per heavy atom. The molecule has 9 heteroatoms. The summed E-state index contributed by atoms with van der Waals surface area (Å²) in [6.45, 7) is 2.81. The van der Waals surface area contributed by atoms with Crippen LogP contribution in [0.3, 0.4) is 0 Å². The Morgan fingerprint density at radius 1 is 1.11 bits per heavy atom. The summed E-state index contributed by atoms with van der Waals surface area (Å²) in [5.41, 5.74) is 10.3. The molecule has 0 aliphatic carbocycles. The van der Waals surface area contributed by atoms with E-state index in [2.05, 4.69) is 10.6 Å². The molecule has 9 nitrogen and oxygen atoms in total. The number of carboxylic acids is 1. The van der Waals surface area contributed by atoms with E-state index in [1.54, 1.807) is 0 Å². The summed E-state index contributed by atoms with van der Waals surface area (Å²) in [4.78, 5) is 44.3. The van der Waals surface area contributed by atoms with E-state index < -0.39 is 48.2 Å². The molecule has 0 saturated heterocycles. The Balaban J connectivity index is 4.51. The number of hydrogen-bond donors (Lipinski definition) is 5. The second kappa shape index (κ2) is 7.31. The number of nitrogens with one attached hydrogen (secondary N) is 2. The largest absolute Gasteiger partial charge is 0.481 e. The fraction of sp³-hybridized carbons (Fsp3) is 0.600. The molecule has 0 aliphatic rings. The number of carbonyl (C=O) groups is 4. The highest BCUT2D eigenvalue weighted by Crippen LogP contribution is 1.94. The Bertz CT molecular complexity index is 382. The number of hydrogen-bond acceptors (Lipinski definition) is 5. The molecule has 0 saturated carbocycles. The Labute approximate surface area is 109 Å². The van der Waals surface area contributed by atoms with Gasteiger partial charge in [0.25, 0.3) is 0 Å². The SMILES string of the molecule is C[C@H](N)C(=O)N[C@@H](C)C(=O)N[C@@H](CC(=O)O)C(N)=O. The molecule has 0 rings (SSSR count). The van der Waals surface area contributed by atoms with Crippen LogP contribution in [0.15, 0.2) is 0 Å². The second-order valence-electron chi connectivity index (χ2n) is 4.08. The highest BCUT2D eigenvalue weighted by atomic mass is 16.4. The third-order valence-corrected chi connectivity index (χ3v) is 2.20. The van der Waals surface area contributed by atoms with Crippen molar-refractivity contribution in [2.75, 3.05) is 0 Å². The van der Waals surface area contributed by atoms with Gasteiger partial charge in [0, 0.05) is 0 Å². The molecule has 0 aromatic rings. The maximum Gasteiger partial charge on any atom is 0.305 e. The molecule has 3 atom stereocenters. The monoisotopic (exact) mass is 274 g/mol. The highest BCUT2D eigenvalue weighted by Gasteiger charge is 2.25. The summed E-state index contributed by atoms with van der Waals surface area (Å²) in [5.74, 6) is -3.52. The minimum atomic E-state index is -1.33. The molecule has 0 bridgehead atoms. The van der Waals surface area contributed by atoms with E-state index in [0.717, 1.165) is 0 Å². The molecule has 3 amide bonds. The van der Waals surface area contributed by atoms with E-state index in [4.69, 9.17) is 16.6 Å². The van der Waals surface area contributed by atoms with Crippen molar-refractivity contribution in [1.82, 2.24) is 10.6 Å². The lowest BCUT2D eigenvalue weighted by molar-refractivity contribution is -0.140. The quantitative estimate of drug-likeness (QED) is 0.338. The predicted octanol–water partition coefficient (Wildman–Crippen LogP) is -2.72. The molecule has 0 fully saturated rings. The van der Waals surface area contributed by atoms with Crippen LogP contribution in [0.5, 0.6) is 0 Å². The Hall–Kier alpha value is -2.16. The fourth-order valence-electron chi connectivity index (χ4n) is 1.10. The summed E-state index contributed by atoms with van der Waals surface area (Å²) in [5, 5.41) is 13.0. The average Bonchev–Trinajstić information content (AvgIpc) is 2.26. The lowest BCUT2D eigenvalue weighted by atomic mass is 10.1. The van der Waals surface area contributed by atoms with Crippen molar-refractivity contribution in [3.05, 3.63) is 0 Å². The van der Waals surface area contributed by atoms with Gasteiger partial charge in [-0.2, -0.15) is 0 Å². The maximum absolute atomic E-state index is 11.6. The van der Waals surface area contributed by atoms with Gasteiger partial charge in [-0.25, -0.2) is 0 Å². The molecule has 108 valence electrons.